The fourth-order valence-electron chi connectivity index (χ4n) is 2.42. The van der Waals surface area contributed by atoms with Crippen LogP contribution in [0.5, 0.6) is 0 Å². The highest BCUT2D eigenvalue weighted by molar-refractivity contribution is 7.85. The summed E-state index contributed by atoms with van der Waals surface area (Å²) in [6.07, 6.45) is 1.09. The van der Waals surface area contributed by atoms with E-state index in [9.17, 15) is 4.21 Å². The molecule has 3 heteroatoms. The van der Waals surface area contributed by atoms with E-state index in [4.69, 9.17) is 0 Å². The number of benzene rings is 1. The Morgan fingerprint density at radius 2 is 1.79 bits per heavy atom. The average molecular weight is 281 g/mol. The van der Waals surface area contributed by atoms with Gasteiger partial charge in [0.15, 0.2) is 0 Å². The smallest absolute Gasteiger partial charge is 0.0565 e. The molecule has 2 nitrogen and oxygen atoms in total. The summed E-state index contributed by atoms with van der Waals surface area (Å²) in [7, 11) is -0.791. The second kappa shape index (κ2) is 8.49. The predicted octanol–water partition coefficient (Wildman–Crippen LogP) is 3.52. The molecule has 3 atom stereocenters. The van der Waals surface area contributed by atoms with Crippen LogP contribution >= 0.6 is 0 Å². The molecule has 0 saturated carbocycles. The van der Waals surface area contributed by atoms with Crippen molar-refractivity contribution in [2.45, 2.75) is 45.4 Å². The third-order valence-electron chi connectivity index (χ3n) is 3.35. The molecule has 0 aliphatic rings. The van der Waals surface area contributed by atoms with Gasteiger partial charge in [-0.05, 0) is 24.4 Å². The van der Waals surface area contributed by atoms with E-state index in [2.05, 4.69) is 50.4 Å². The molecular formula is C16H27NOS. The van der Waals surface area contributed by atoms with Crippen LogP contribution in [0.25, 0.3) is 0 Å². The van der Waals surface area contributed by atoms with Gasteiger partial charge in [-0.1, -0.05) is 58.0 Å². The molecule has 0 aromatic heterocycles. The minimum absolute atomic E-state index is 0.166. The Kier molecular flexibility index (Phi) is 7.32. The lowest BCUT2D eigenvalue weighted by Gasteiger charge is -2.30. The number of rotatable bonds is 8. The van der Waals surface area contributed by atoms with Gasteiger partial charge >= 0.3 is 0 Å². The van der Waals surface area contributed by atoms with E-state index in [0.29, 0.717) is 5.92 Å². The fraction of sp³-hybridized carbons (Fsp3) is 0.625. The molecule has 1 aromatic rings. The van der Waals surface area contributed by atoms with E-state index in [-0.39, 0.29) is 11.3 Å². The van der Waals surface area contributed by atoms with Crippen molar-refractivity contribution in [2.75, 3.05) is 12.3 Å². The van der Waals surface area contributed by atoms with Crippen molar-refractivity contribution in [1.29, 1.82) is 0 Å². The molecule has 1 aromatic carbocycles. The largest absolute Gasteiger partial charge is 0.309 e. The maximum atomic E-state index is 12.4. The minimum Gasteiger partial charge on any atom is -0.309 e. The Morgan fingerprint density at radius 1 is 1.16 bits per heavy atom. The van der Waals surface area contributed by atoms with Gasteiger partial charge in [0.1, 0.15) is 0 Å². The van der Waals surface area contributed by atoms with Gasteiger partial charge in [-0.3, -0.25) is 4.21 Å². The first-order chi connectivity index (χ1) is 9.11. The Bertz CT molecular complexity index is 378. The number of nitrogens with one attached hydrogen (secondary N) is 1. The molecule has 108 valence electrons. The molecule has 1 N–H and O–H groups in total. The van der Waals surface area contributed by atoms with Gasteiger partial charge in [0.25, 0.3) is 0 Å². The number of hydrogen-bond acceptors (Lipinski definition) is 2. The van der Waals surface area contributed by atoms with E-state index >= 15 is 0 Å². The topological polar surface area (TPSA) is 29.1 Å². The second-order valence-corrected chi connectivity index (χ2v) is 7.10. The summed E-state index contributed by atoms with van der Waals surface area (Å²) in [6.45, 7) is 9.47. The van der Waals surface area contributed by atoms with Crippen molar-refractivity contribution in [2.24, 2.45) is 5.92 Å². The first kappa shape index (κ1) is 16.4. The van der Waals surface area contributed by atoms with Crippen LogP contribution in [0.15, 0.2) is 30.3 Å². The highest BCUT2D eigenvalue weighted by atomic mass is 32.2. The third-order valence-corrected chi connectivity index (χ3v) is 5.34. The zero-order chi connectivity index (χ0) is 14.3. The van der Waals surface area contributed by atoms with Crippen LogP contribution in [0.1, 0.15) is 45.7 Å². The van der Waals surface area contributed by atoms with Gasteiger partial charge < -0.3 is 5.32 Å². The van der Waals surface area contributed by atoms with Crippen LogP contribution in [0, 0.1) is 5.92 Å². The van der Waals surface area contributed by atoms with E-state index in [1.807, 2.05) is 13.0 Å². The Balaban J connectivity index is 3.03. The summed E-state index contributed by atoms with van der Waals surface area (Å²) in [5.41, 5.74) is 1.25. The average Bonchev–Trinajstić information content (AvgIpc) is 2.43. The molecular weight excluding hydrogens is 254 g/mol. The molecule has 0 bridgehead atoms. The minimum atomic E-state index is -0.791. The zero-order valence-corrected chi connectivity index (χ0v) is 13.4. The lowest BCUT2D eigenvalue weighted by atomic mass is 9.96. The first-order valence-corrected chi connectivity index (χ1v) is 8.65. The van der Waals surface area contributed by atoms with Crippen LogP contribution in [-0.2, 0) is 10.8 Å². The summed E-state index contributed by atoms with van der Waals surface area (Å²) in [5, 5.41) is 3.76. The zero-order valence-electron chi connectivity index (χ0n) is 12.6. The van der Waals surface area contributed by atoms with Crippen molar-refractivity contribution in [1.82, 2.24) is 5.32 Å². The maximum Gasteiger partial charge on any atom is 0.0565 e. The van der Waals surface area contributed by atoms with Crippen LogP contribution in [0.3, 0.4) is 0 Å². The van der Waals surface area contributed by atoms with E-state index in [1.54, 1.807) is 0 Å². The molecule has 0 radical (unpaired) electrons. The molecule has 3 unspecified atom stereocenters. The van der Waals surface area contributed by atoms with E-state index in [0.717, 1.165) is 18.7 Å². The molecule has 0 amide bonds. The molecule has 0 heterocycles. The molecule has 0 aliphatic heterocycles. The van der Waals surface area contributed by atoms with Crippen molar-refractivity contribution in [3.8, 4) is 0 Å². The Hall–Kier alpha value is -0.670. The van der Waals surface area contributed by atoms with Gasteiger partial charge in [0, 0.05) is 22.6 Å². The van der Waals surface area contributed by atoms with Crippen LogP contribution in [0.4, 0.5) is 0 Å². The highest BCUT2D eigenvalue weighted by Gasteiger charge is 2.29. The molecule has 19 heavy (non-hydrogen) atoms. The maximum absolute atomic E-state index is 12.4. The summed E-state index contributed by atoms with van der Waals surface area (Å²) >= 11 is 0. The second-order valence-electron chi connectivity index (χ2n) is 5.22. The summed E-state index contributed by atoms with van der Waals surface area (Å²) < 4.78 is 12.4. The van der Waals surface area contributed by atoms with Gasteiger partial charge in [-0.15, -0.1) is 0 Å². The molecule has 1 rings (SSSR count). The molecule has 0 aliphatic carbocycles. The lowest BCUT2D eigenvalue weighted by Crippen LogP contribution is -2.39. The highest BCUT2D eigenvalue weighted by Crippen LogP contribution is 2.26. The Morgan fingerprint density at radius 3 is 2.26 bits per heavy atom. The molecule has 0 fully saturated rings. The third kappa shape index (κ3) is 4.73. The summed E-state index contributed by atoms with van der Waals surface area (Å²) in [4.78, 5) is 0. The van der Waals surface area contributed by atoms with Crippen LogP contribution < -0.4 is 5.32 Å². The van der Waals surface area contributed by atoms with Crippen molar-refractivity contribution in [3.05, 3.63) is 35.9 Å². The van der Waals surface area contributed by atoms with Crippen LogP contribution in [0.2, 0.25) is 0 Å². The van der Waals surface area contributed by atoms with Crippen molar-refractivity contribution >= 4 is 10.8 Å². The monoisotopic (exact) mass is 281 g/mol. The van der Waals surface area contributed by atoms with E-state index < -0.39 is 10.8 Å². The van der Waals surface area contributed by atoms with Crippen molar-refractivity contribution in [3.63, 3.8) is 0 Å². The first-order valence-electron chi connectivity index (χ1n) is 7.27. The number of hydrogen-bond donors (Lipinski definition) is 1. The van der Waals surface area contributed by atoms with Gasteiger partial charge in [0.2, 0.25) is 0 Å². The summed E-state index contributed by atoms with van der Waals surface area (Å²) in [5.74, 6) is 1.12. The van der Waals surface area contributed by atoms with E-state index in [1.165, 1.54) is 5.56 Å². The normalized spacial score (nSPS) is 16.3. The Labute approximate surface area is 120 Å². The van der Waals surface area contributed by atoms with Crippen LogP contribution in [-0.4, -0.2) is 21.8 Å². The van der Waals surface area contributed by atoms with Gasteiger partial charge in [0.05, 0.1) is 5.25 Å². The SMILES string of the molecule is CCCNC(c1ccccc1)C(C(C)C)S(=O)CC. The lowest BCUT2D eigenvalue weighted by molar-refractivity contribution is 0.435. The quantitative estimate of drug-likeness (QED) is 0.790. The van der Waals surface area contributed by atoms with Gasteiger partial charge in [-0.2, -0.15) is 0 Å². The fourth-order valence-corrected chi connectivity index (χ4v) is 3.97. The predicted molar refractivity (Wildman–Crippen MR) is 84.8 cm³/mol. The standard InChI is InChI=1S/C16H27NOS/c1-5-12-17-15(14-10-8-7-9-11-14)16(13(3)4)19(18)6-2/h7-11,13,15-17H,5-6,12H2,1-4H3. The van der Waals surface area contributed by atoms with Gasteiger partial charge in [-0.25, -0.2) is 0 Å². The molecule has 0 spiro atoms. The molecule has 0 saturated heterocycles. The summed E-state index contributed by atoms with van der Waals surface area (Å²) in [6, 6.07) is 10.6. The van der Waals surface area contributed by atoms with Crippen molar-refractivity contribution < 1.29 is 4.21 Å².